The first-order valence-corrected chi connectivity index (χ1v) is 7.69. The molecule has 0 spiro atoms. The van der Waals surface area contributed by atoms with Crippen molar-refractivity contribution in [3.05, 3.63) is 58.0 Å². The number of carbonyl (C=O) groups is 2. The van der Waals surface area contributed by atoms with Gasteiger partial charge in [0.25, 0.3) is 5.91 Å². The average Bonchev–Trinajstić information content (AvgIpc) is 2.56. The highest BCUT2D eigenvalue weighted by molar-refractivity contribution is 6.03. The highest BCUT2D eigenvalue weighted by atomic mass is 16.5. The summed E-state index contributed by atoms with van der Waals surface area (Å²) in [7, 11) is 3.03. The molecule has 1 heterocycles. The number of amides is 1. The molecule has 7 heteroatoms. The van der Waals surface area contributed by atoms with Gasteiger partial charge in [-0.05, 0) is 38.1 Å². The van der Waals surface area contributed by atoms with E-state index in [2.05, 4.69) is 5.32 Å². The van der Waals surface area contributed by atoms with E-state index in [9.17, 15) is 14.4 Å². The fourth-order valence-electron chi connectivity index (χ4n) is 2.15. The lowest BCUT2D eigenvalue weighted by Gasteiger charge is -2.11. The van der Waals surface area contributed by atoms with Gasteiger partial charge in [-0.3, -0.25) is 9.59 Å². The van der Waals surface area contributed by atoms with Crippen LogP contribution in [0.15, 0.2) is 41.3 Å². The number of carbonyl (C=O) groups excluding carboxylic acids is 2. The predicted octanol–water partition coefficient (Wildman–Crippen LogP) is 2.21. The highest BCUT2D eigenvalue weighted by Gasteiger charge is 2.13. The normalized spacial score (nSPS) is 10.4. The number of methoxy groups -OCH3 is 1. The zero-order chi connectivity index (χ0) is 18.6. The smallest absolute Gasteiger partial charge is 0.338 e. The predicted molar refractivity (Wildman–Crippen MR) is 93.2 cm³/mol. The lowest BCUT2D eigenvalue weighted by atomic mass is 10.2. The summed E-state index contributed by atoms with van der Waals surface area (Å²) >= 11 is 0. The number of nitrogens with one attached hydrogen (secondary N) is 1. The second kappa shape index (κ2) is 7.65. The Bertz CT molecular complexity index is 838. The number of esters is 1. The zero-order valence-corrected chi connectivity index (χ0v) is 14.5. The van der Waals surface area contributed by atoms with Gasteiger partial charge in [-0.1, -0.05) is 0 Å². The summed E-state index contributed by atoms with van der Waals surface area (Å²) in [5.74, 6) is -0.711. The maximum atomic E-state index is 12.3. The van der Waals surface area contributed by atoms with Gasteiger partial charge in [0.1, 0.15) is 5.69 Å². The van der Waals surface area contributed by atoms with Crippen LogP contribution < -0.4 is 15.5 Å². The van der Waals surface area contributed by atoms with E-state index in [1.165, 1.54) is 23.9 Å². The number of rotatable bonds is 5. The van der Waals surface area contributed by atoms with E-state index in [4.69, 9.17) is 9.47 Å². The Kier molecular flexibility index (Phi) is 5.59. The molecule has 0 aliphatic heterocycles. The summed E-state index contributed by atoms with van der Waals surface area (Å²) < 4.78 is 11.5. The Morgan fingerprint density at radius 1 is 1.16 bits per heavy atom. The molecule has 0 saturated carbocycles. The molecule has 2 aromatic rings. The number of aryl methyl sites for hydroxylation is 1. The van der Waals surface area contributed by atoms with Gasteiger partial charge in [-0.25, -0.2) is 4.79 Å². The maximum Gasteiger partial charge on any atom is 0.338 e. The molecule has 0 radical (unpaired) electrons. The summed E-state index contributed by atoms with van der Waals surface area (Å²) in [6.07, 6.45) is 1.24. The Morgan fingerprint density at radius 3 is 2.36 bits per heavy atom. The van der Waals surface area contributed by atoms with Crippen LogP contribution in [0.25, 0.3) is 0 Å². The first-order valence-electron chi connectivity index (χ1n) is 7.69. The molecule has 0 aliphatic rings. The van der Waals surface area contributed by atoms with E-state index in [-0.39, 0.29) is 23.0 Å². The number of benzene rings is 1. The Labute approximate surface area is 145 Å². The average molecular weight is 344 g/mol. The van der Waals surface area contributed by atoms with Gasteiger partial charge >= 0.3 is 5.97 Å². The van der Waals surface area contributed by atoms with Gasteiger partial charge < -0.3 is 19.4 Å². The van der Waals surface area contributed by atoms with Gasteiger partial charge in [-0.2, -0.15) is 0 Å². The minimum absolute atomic E-state index is 0.159. The van der Waals surface area contributed by atoms with Crippen LogP contribution in [0, 0.1) is 0 Å². The van der Waals surface area contributed by atoms with Crippen LogP contribution in [0.3, 0.4) is 0 Å². The van der Waals surface area contributed by atoms with Crippen LogP contribution >= 0.6 is 0 Å². The van der Waals surface area contributed by atoms with Gasteiger partial charge in [0.15, 0.2) is 5.75 Å². The minimum Gasteiger partial charge on any atom is -0.491 e. The van der Waals surface area contributed by atoms with E-state index in [1.807, 2.05) is 0 Å². The van der Waals surface area contributed by atoms with E-state index < -0.39 is 11.9 Å². The monoisotopic (exact) mass is 344 g/mol. The van der Waals surface area contributed by atoms with Gasteiger partial charge in [-0.15, -0.1) is 0 Å². The van der Waals surface area contributed by atoms with Gasteiger partial charge in [0.2, 0.25) is 5.43 Å². The van der Waals surface area contributed by atoms with Crippen molar-refractivity contribution in [1.82, 2.24) is 4.57 Å². The second-order valence-electron chi connectivity index (χ2n) is 5.69. The van der Waals surface area contributed by atoms with Gasteiger partial charge in [0.05, 0.1) is 25.0 Å². The second-order valence-corrected chi connectivity index (χ2v) is 5.69. The summed E-state index contributed by atoms with van der Waals surface area (Å²) in [5.41, 5.74) is 0.699. The molecular weight excluding hydrogens is 324 g/mol. The van der Waals surface area contributed by atoms with Crippen molar-refractivity contribution in [2.45, 2.75) is 20.0 Å². The molecule has 25 heavy (non-hydrogen) atoms. The third-order valence-corrected chi connectivity index (χ3v) is 3.38. The Morgan fingerprint density at radius 2 is 1.80 bits per heavy atom. The maximum absolute atomic E-state index is 12.3. The third-order valence-electron chi connectivity index (χ3n) is 3.38. The first kappa shape index (κ1) is 18.3. The lowest BCUT2D eigenvalue weighted by molar-refractivity contribution is 0.0378. The summed E-state index contributed by atoms with van der Waals surface area (Å²) in [6, 6.07) is 7.52. The topological polar surface area (TPSA) is 86.6 Å². The van der Waals surface area contributed by atoms with E-state index in [0.717, 1.165) is 0 Å². The van der Waals surface area contributed by atoms with E-state index in [0.29, 0.717) is 11.3 Å². The molecule has 1 amide bonds. The van der Waals surface area contributed by atoms with Crippen molar-refractivity contribution in [2.24, 2.45) is 7.05 Å². The molecule has 0 aliphatic carbocycles. The Balaban J connectivity index is 2.15. The molecule has 1 N–H and O–H groups in total. The molecule has 0 bridgehead atoms. The largest absolute Gasteiger partial charge is 0.491 e. The number of aromatic nitrogens is 1. The molecule has 1 aromatic heterocycles. The minimum atomic E-state index is -0.445. The number of pyridine rings is 1. The molecule has 7 nitrogen and oxygen atoms in total. The van der Waals surface area contributed by atoms with Crippen LogP contribution in [0.1, 0.15) is 34.7 Å². The summed E-state index contributed by atoms with van der Waals surface area (Å²) in [6.45, 7) is 3.54. The van der Waals surface area contributed by atoms with Crippen LogP contribution in [0.2, 0.25) is 0 Å². The standard InChI is InChI=1S/C18H20N2O5/c1-11(2)25-18(23)12-5-7-13(8-6-12)19-17(22)14-9-15(21)16(24-4)10-20(14)3/h5-11H,1-4H3,(H,19,22). The molecule has 132 valence electrons. The molecule has 0 fully saturated rings. The van der Waals surface area contributed by atoms with Crippen LogP contribution in [-0.2, 0) is 11.8 Å². The van der Waals surface area contributed by atoms with Crippen molar-refractivity contribution in [3.63, 3.8) is 0 Å². The fraction of sp³-hybridized carbons (Fsp3) is 0.278. The van der Waals surface area contributed by atoms with Crippen molar-refractivity contribution >= 4 is 17.6 Å². The summed E-state index contributed by atoms with van der Waals surface area (Å²) in [5, 5.41) is 2.68. The van der Waals surface area contributed by atoms with Crippen LogP contribution in [0.5, 0.6) is 5.75 Å². The number of hydrogen-bond donors (Lipinski definition) is 1. The highest BCUT2D eigenvalue weighted by Crippen LogP contribution is 2.13. The SMILES string of the molecule is COc1cn(C)c(C(=O)Nc2ccc(C(=O)OC(C)C)cc2)cc1=O. The molecule has 0 atom stereocenters. The molecule has 0 unspecified atom stereocenters. The molecule has 2 rings (SSSR count). The first-order chi connectivity index (χ1) is 11.8. The number of ether oxygens (including phenoxy) is 2. The van der Waals surface area contributed by atoms with E-state index in [1.54, 1.807) is 45.2 Å². The number of nitrogens with zero attached hydrogens (tertiary/aromatic N) is 1. The van der Waals surface area contributed by atoms with Crippen molar-refractivity contribution in [2.75, 3.05) is 12.4 Å². The molecule has 1 aromatic carbocycles. The van der Waals surface area contributed by atoms with Crippen LogP contribution in [-0.4, -0.2) is 29.7 Å². The van der Waals surface area contributed by atoms with Crippen molar-refractivity contribution in [1.29, 1.82) is 0 Å². The Hall–Kier alpha value is -3.09. The molecule has 0 saturated heterocycles. The zero-order valence-electron chi connectivity index (χ0n) is 14.5. The quantitative estimate of drug-likeness (QED) is 0.841. The lowest BCUT2D eigenvalue weighted by Crippen LogP contribution is -2.21. The molecular formula is C18H20N2O5. The van der Waals surface area contributed by atoms with Crippen molar-refractivity contribution < 1.29 is 19.1 Å². The fourth-order valence-corrected chi connectivity index (χ4v) is 2.15. The van der Waals surface area contributed by atoms with Crippen molar-refractivity contribution in [3.8, 4) is 5.75 Å². The summed E-state index contributed by atoms with van der Waals surface area (Å²) in [4.78, 5) is 36.0. The number of hydrogen-bond acceptors (Lipinski definition) is 5. The third kappa shape index (κ3) is 4.47. The van der Waals surface area contributed by atoms with Crippen LogP contribution in [0.4, 0.5) is 5.69 Å². The number of anilines is 1. The van der Waals surface area contributed by atoms with E-state index >= 15 is 0 Å². The van der Waals surface area contributed by atoms with Gasteiger partial charge in [0, 0.05) is 18.8 Å².